The molecule has 0 atom stereocenters. The minimum Gasteiger partial charge on any atom is -0.395 e. The SMILES string of the molecule is CN(C)CC(C)(C)NCCO. The van der Waals surface area contributed by atoms with E-state index in [1.54, 1.807) is 0 Å². The van der Waals surface area contributed by atoms with E-state index in [2.05, 4.69) is 24.1 Å². The molecule has 0 aromatic carbocycles. The van der Waals surface area contributed by atoms with E-state index in [9.17, 15) is 0 Å². The van der Waals surface area contributed by atoms with Crippen molar-refractivity contribution in [3.05, 3.63) is 0 Å². The molecule has 0 aromatic heterocycles. The number of nitrogens with zero attached hydrogens (tertiary/aromatic N) is 1. The Morgan fingerprint density at radius 2 is 1.91 bits per heavy atom. The summed E-state index contributed by atoms with van der Waals surface area (Å²) in [7, 11) is 4.09. The number of hydrogen-bond acceptors (Lipinski definition) is 3. The van der Waals surface area contributed by atoms with Gasteiger partial charge < -0.3 is 15.3 Å². The summed E-state index contributed by atoms with van der Waals surface area (Å²) < 4.78 is 0. The second kappa shape index (κ2) is 4.70. The van der Waals surface area contributed by atoms with Gasteiger partial charge in [-0.25, -0.2) is 0 Å². The van der Waals surface area contributed by atoms with Crippen molar-refractivity contribution in [1.82, 2.24) is 10.2 Å². The Labute approximate surface area is 69.4 Å². The van der Waals surface area contributed by atoms with Crippen molar-refractivity contribution in [1.29, 1.82) is 0 Å². The first kappa shape index (κ1) is 10.9. The molecular formula is C8H20N2O. The van der Waals surface area contributed by atoms with E-state index in [-0.39, 0.29) is 12.1 Å². The summed E-state index contributed by atoms with van der Waals surface area (Å²) in [6.07, 6.45) is 0. The van der Waals surface area contributed by atoms with Crippen LogP contribution >= 0.6 is 0 Å². The van der Waals surface area contributed by atoms with E-state index in [1.807, 2.05) is 14.1 Å². The summed E-state index contributed by atoms with van der Waals surface area (Å²) in [6.45, 7) is 6.11. The summed E-state index contributed by atoms with van der Waals surface area (Å²) in [5.41, 5.74) is 0.0895. The molecule has 2 N–H and O–H groups in total. The van der Waals surface area contributed by atoms with Crippen LogP contribution in [0.25, 0.3) is 0 Å². The summed E-state index contributed by atoms with van der Waals surface area (Å²) >= 11 is 0. The van der Waals surface area contributed by atoms with Crippen molar-refractivity contribution in [2.45, 2.75) is 19.4 Å². The van der Waals surface area contributed by atoms with Gasteiger partial charge >= 0.3 is 0 Å². The van der Waals surface area contributed by atoms with Gasteiger partial charge in [-0.05, 0) is 27.9 Å². The molecule has 0 aromatic rings. The largest absolute Gasteiger partial charge is 0.395 e. The lowest BCUT2D eigenvalue weighted by Crippen LogP contribution is -2.48. The van der Waals surface area contributed by atoms with Gasteiger partial charge in [0.15, 0.2) is 0 Å². The second-order valence-corrected chi connectivity index (χ2v) is 3.77. The Bertz CT molecular complexity index is 102. The number of rotatable bonds is 5. The predicted molar refractivity (Wildman–Crippen MR) is 47.7 cm³/mol. The molecule has 0 amide bonds. The van der Waals surface area contributed by atoms with E-state index in [1.165, 1.54) is 0 Å². The van der Waals surface area contributed by atoms with Crippen molar-refractivity contribution in [3.63, 3.8) is 0 Å². The lowest BCUT2D eigenvalue weighted by Gasteiger charge is -2.29. The summed E-state index contributed by atoms with van der Waals surface area (Å²) in [6, 6.07) is 0. The fourth-order valence-electron chi connectivity index (χ4n) is 1.24. The third-order valence-electron chi connectivity index (χ3n) is 1.43. The minimum atomic E-state index is 0.0895. The third-order valence-corrected chi connectivity index (χ3v) is 1.43. The zero-order valence-electron chi connectivity index (χ0n) is 8.02. The van der Waals surface area contributed by atoms with Crippen molar-refractivity contribution in [2.75, 3.05) is 33.8 Å². The molecule has 0 bridgehead atoms. The Hall–Kier alpha value is -0.120. The maximum Gasteiger partial charge on any atom is 0.0556 e. The quantitative estimate of drug-likeness (QED) is 0.590. The fraction of sp³-hybridized carbons (Fsp3) is 1.00. The van der Waals surface area contributed by atoms with Crippen LogP contribution in [0.15, 0.2) is 0 Å². The summed E-state index contributed by atoms with van der Waals surface area (Å²) in [5.74, 6) is 0. The number of hydrogen-bond donors (Lipinski definition) is 2. The van der Waals surface area contributed by atoms with Crippen LogP contribution in [-0.4, -0.2) is 49.3 Å². The Balaban J connectivity index is 3.61. The average molecular weight is 160 g/mol. The highest BCUT2D eigenvalue weighted by Gasteiger charge is 2.16. The lowest BCUT2D eigenvalue weighted by atomic mass is 10.1. The maximum atomic E-state index is 8.59. The number of nitrogens with one attached hydrogen (secondary N) is 1. The van der Waals surface area contributed by atoms with Gasteiger partial charge in [0, 0.05) is 18.6 Å². The Kier molecular flexibility index (Phi) is 4.65. The van der Waals surface area contributed by atoms with Gasteiger partial charge in [-0.3, -0.25) is 0 Å². The number of likely N-dealkylation sites (N-methyl/N-ethyl adjacent to an activating group) is 1. The van der Waals surface area contributed by atoms with Gasteiger partial charge in [-0.1, -0.05) is 0 Å². The van der Waals surface area contributed by atoms with E-state index in [0.29, 0.717) is 6.54 Å². The highest BCUT2D eigenvalue weighted by Crippen LogP contribution is 2.01. The first-order chi connectivity index (χ1) is 4.98. The van der Waals surface area contributed by atoms with Gasteiger partial charge in [0.25, 0.3) is 0 Å². The van der Waals surface area contributed by atoms with Gasteiger partial charge in [0.1, 0.15) is 0 Å². The van der Waals surface area contributed by atoms with Crippen LogP contribution in [0.3, 0.4) is 0 Å². The zero-order chi connectivity index (χ0) is 8.91. The maximum absolute atomic E-state index is 8.59. The minimum absolute atomic E-state index is 0.0895. The van der Waals surface area contributed by atoms with Crippen LogP contribution in [0.1, 0.15) is 13.8 Å². The average Bonchev–Trinajstić information content (AvgIpc) is 1.81. The molecule has 0 spiro atoms. The zero-order valence-corrected chi connectivity index (χ0v) is 8.02. The molecule has 3 nitrogen and oxygen atoms in total. The van der Waals surface area contributed by atoms with Crippen LogP contribution in [-0.2, 0) is 0 Å². The molecule has 0 unspecified atom stereocenters. The van der Waals surface area contributed by atoms with Gasteiger partial charge in [0.2, 0.25) is 0 Å². The van der Waals surface area contributed by atoms with Gasteiger partial charge in [0.05, 0.1) is 6.61 Å². The predicted octanol–water partition coefficient (Wildman–Crippen LogP) is -0.0915. The molecule has 0 aliphatic carbocycles. The van der Waals surface area contributed by atoms with E-state index >= 15 is 0 Å². The molecule has 0 fully saturated rings. The molecule has 0 radical (unpaired) electrons. The van der Waals surface area contributed by atoms with Crippen molar-refractivity contribution in [3.8, 4) is 0 Å². The molecule has 0 aliphatic heterocycles. The Morgan fingerprint density at radius 1 is 1.36 bits per heavy atom. The van der Waals surface area contributed by atoms with Crippen LogP contribution in [0, 0.1) is 0 Å². The molecule has 0 saturated heterocycles. The molecule has 0 aliphatic rings. The van der Waals surface area contributed by atoms with Crippen molar-refractivity contribution in [2.24, 2.45) is 0 Å². The normalized spacial score (nSPS) is 12.5. The second-order valence-electron chi connectivity index (χ2n) is 3.77. The van der Waals surface area contributed by atoms with E-state index in [0.717, 1.165) is 6.54 Å². The monoisotopic (exact) mass is 160 g/mol. The molecule has 3 heteroatoms. The third kappa shape index (κ3) is 6.28. The topological polar surface area (TPSA) is 35.5 Å². The first-order valence-electron chi connectivity index (χ1n) is 3.98. The van der Waals surface area contributed by atoms with Crippen LogP contribution in [0.4, 0.5) is 0 Å². The Morgan fingerprint density at radius 3 is 2.27 bits per heavy atom. The summed E-state index contributed by atoms with van der Waals surface area (Å²) in [5, 5.41) is 11.8. The van der Waals surface area contributed by atoms with Crippen molar-refractivity contribution < 1.29 is 5.11 Å². The molecule has 11 heavy (non-hydrogen) atoms. The lowest BCUT2D eigenvalue weighted by molar-refractivity contribution is 0.233. The number of β-amino-alcohol motifs (C(OH)–C–C–N with tert-alkyl or cyclic N) is 1. The van der Waals surface area contributed by atoms with E-state index in [4.69, 9.17) is 5.11 Å². The highest BCUT2D eigenvalue weighted by atomic mass is 16.3. The highest BCUT2D eigenvalue weighted by molar-refractivity contribution is 4.79. The number of aliphatic hydroxyl groups is 1. The standard InChI is InChI=1S/C8H20N2O/c1-8(2,7-10(3)4)9-5-6-11/h9,11H,5-7H2,1-4H3. The smallest absolute Gasteiger partial charge is 0.0556 e. The molecule has 0 rings (SSSR count). The molecule has 68 valence electrons. The molecular weight excluding hydrogens is 140 g/mol. The first-order valence-corrected chi connectivity index (χ1v) is 3.98. The fourth-order valence-corrected chi connectivity index (χ4v) is 1.24. The van der Waals surface area contributed by atoms with Crippen LogP contribution in [0.2, 0.25) is 0 Å². The van der Waals surface area contributed by atoms with Crippen molar-refractivity contribution >= 4 is 0 Å². The summed E-state index contributed by atoms with van der Waals surface area (Å²) in [4.78, 5) is 2.13. The van der Waals surface area contributed by atoms with Gasteiger partial charge in [-0.2, -0.15) is 0 Å². The molecule has 0 heterocycles. The van der Waals surface area contributed by atoms with E-state index < -0.39 is 0 Å². The van der Waals surface area contributed by atoms with Crippen LogP contribution in [0.5, 0.6) is 0 Å². The number of aliphatic hydroxyl groups excluding tert-OH is 1. The van der Waals surface area contributed by atoms with Gasteiger partial charge in [-0.15, -0.1) is 0 Å². The molecule has 0 saturated carbocycles. The van der Waals surface area contributed by atoms with Crippen LogP contribution < -0.4 is 5.32 Å².